The fourth-order valence-electron chi connectivity index (χ4n) is 6.09. The number of nitrogens with zero attached hydrogens (tertiary/aromatic N) is 2. The number of hydrogen-bond donors (Lipinski definition) is 1. The highest BCUT2D eigenvalue weighted by Crippen LogP contribution is 2.34. The Morgan fingerprint density at radius 1 is 1.05 bits per heavy atom. The van der Waals surface area contributed by atoms with Gasteiger partial charge in [0.1, 0.15) is 23.7 Å². The van der Waals surface area contributed by atoms with Crippen molar-refractivity contribution in [3.8, 4) is 5.75 Å². The van der Waals surface area contributed by atoms with E-state index in [0.717, 1.165) is 37.9 Å². The number of nitrogens with one attached hydrogen (secondary N) is 1. The topological polar surface area (TPSA) is 136 Å². The van der Waals surface area contributed by atoms with Crippen molar-refractivity contribution in [1.82, 2.24) is 14.6 Å². The summed E-state index contributed by atoms with van der Waals surface area (Å²) in [6.45, 7) is 0.487. The molecule has 4 rings (SSSR count). The number of carbonyl (C=O) groups is 3. The van der Waals surface area contributed by atoms with Crippen LogP contribution >= 0.6 is 0 Å². The third kappa shape index (κ3) is 8.89. The molecule has 1 atom stereocenters. The minimum absolute atomic E-state index is 0.0407. The fraction of sp³-hybridized carbons (Fsp3) is 0.613. The molecule has 1 aromatic carbocycles. The second kappa shape index (κ2) is 14.8. The first-order valence-corrected chi connectivity index (χ1v) is 17.0. The SMILES string of the molecule is COc1ccc(CCC(=O)NS(C)(=O)=O)c(C(=O)N2CCC[C@H]2c2nc(C(=O)CCCCCC3CCCCC3)co2)c1. The van der Waals surface area contributed by atoms with Gasteiger partial charge in [-0.2, -0.15) is 0 Å². The average molecular weight is 602 g/mol. The lowest BCUT2D eigenvalue weighted by Gasteiger charge is -2.24. The number of ether oxygens (including phenoxy) is 1. The smallest absolute Gasteiger partial charge is 0.254 e. The van der Waals surface area contributed by atoms with Gasteiger partial charge in [0.15, 0.2) is 5.78 Å². The second-order valence-electron chi connectivity index (χ2n) is 11.6. The predicted octanol–water partition coefficient (Wildman–Crippen LogP) is 5.38. The Kier molecular flexibility index (Phi) is 11.2. The first-order valence-electron chi connectivity index (χ1n) is 15.1. The maximum Gasteiger partial charge on any atom is 0.254 e. The predicted molar refractivity (Wildman–Crippen MR) is 158 cm³/mol. The molecular formula is C31H43N3O7S. The number of benzene rings is 1. The third-order valence-corrected chi connectivity index (χ3v) is 8.91. The lowest BCUT2D eigenvalue weighted by molar-refractivity contribution is -0.119. The molecule has 42 heavy (non-hydrogen) atoms. The molecule has 11 heteroatoms. The van der Waals surface area contributed by atoms with Crippen LogP contribution in [-0.2, 0) is 21.2 Å². The number of likely N-dealkylation sites (tertiary alicyclic amines) is 1. The summed E-state index contributed by atoms with van der Waals surface area (Å²) in [4.78, 5) is 44.9. The number of hydrogen-bond acceptors (Lipinski definition) is 8. The summed E-state index contributed by atoms with van der Waals surface area (Å²) in [5, 5.41) is 0. The molecule has 2 heterocycles. The van der Waals surface area contributed by atoms with E-state index in [4.69, 9.17) is 9.15 Å². The van der Waals surface area contributed by atoms with Crippen LogP contribution < -0.4 is 9.46 Å². The zero-order valence-corrected chi connectivity index (χ0v) is 25.5. The van der Waals surface area contributed by atoms with Gasteiger partial charge < -0.3 is 14.1 Å². The van der Waals surface area contributed by atoms with Crippen molar-refractivity contribution in [1.29, 1.82) is 0 Å². The summed E-state index contributed by atoms with van der Waals surface area (Å²) in [5.41, 5.74) is 1.27. The molecule has 1 aromatic heterocycles. The van der Waals surface area contributed by atoms with Crippen molar-refractivity contribution in [3.63, 3.8) is 0 Å². The Morgan fingerprint density at radius 2 is 1.83 bits per heavy atom. The Labute approximate surface area is 248 Å². The lowest BCUT2D eigenvalue weighted by atomic mass is 9.85. The largest absolute Gasteiger partial charge is 0.497 e. The Hall–Kier alpha value is -3.21. The van der Waals surface area contributed by atoms with Gasteiger partial charge in [-0.15, -0.1) is 0 Å². The molecule has 1 saturated carbocycles. The molecular weight excluding hydrogens is 558 g/mol. The van der Waals surface area contributed by atoms with E-state index in [1.165, 1.54) is 51.9 Å². The van der Waals surface area contributed by atoms with E-state index in [2.05, 4.69) is 4.98 Å². The van der Waals surface area contributed by atoms with Crippen LogP contribution in [0.15, 0.2) is 28.9 Å². The molecule has 0 unspecified atom stereocenters. The summed E-state index contributed by atoms with van der Waals surface area (Å²) < 4.78 is 35.8. The second-order valence-corrected chi connectivity index (χ2v) is 13.3. The molecule has 2 aliphatic rings. The van der Waals surface area contributed by atoms with Crippen molar-refractivity contribution in [2.45, 2.75) is 95.9 Å². The number of carbonyl (C=O) groups excluding carboxylic acids is 3. The highest BCUT2D eigenvalue weighted by atomic mass is 32.2. The van der Waals surface area contributed by atoms with Gasteiger partial charge >= 0.3 is 0 Å². The minimum Gasteiger partial charge on any atom is -0.497 e. The van der Waals surface area contributed by atoms with Crippen molar-refractivity contribution in [3.05, 3.63) is 47.2 Å². The van der Waals surface area contributed by atoms with Crippen molar-refractivity contribution in [2.75, 3.05) is 19.9 Å². The van der Waals surface area contributed by atoms with Crippen molar-refractivity contribution in [2.24, 2.45) is 5.92 Å². The molecule has 0 radical (unpaired) electrons. The van der Waals surface area contributed by atoms with Gasteiger partial charge in [-0.05, 0) is 49.3 Å². The number of unbranched alkanes of at least 4 members (excludes halogenated alkanes) is 2. The zero-order chi connectivity index (χ0) is 30.1. The number of oxazole rings is 1. The molecule has 0 spiro atoms. The standard InChI is InChI=1S/C31H43N3O7S/c1-40-24-17-15-23(16-18-29(36)33-42(2,38)39)25(20-24)31(37)34-19-9-13-27(34)30-32-26(21-41-30)28(35)14-8-4-7-12-22-10-5-3-6-11-22/h15,17,20-22,27H,3-14,16,18-19H2,1-2H3,(H,33,36)/t27-/m0/s1. The third-order valence-electron chi connectivity index (χ3n) is 8.32. The number of Topliss-reactive ketones (excluding diaryl/α,β-unsaturated/α-hetero) is 1. The van der Waals surface area contributed by atoms with Crippen LogP contribution in [-0.4, -0.2) is 55.8 Å². The van der Waals surface area contributed by atoms with Gasteiger partial charge in [-0.3, -0.25) is 19.1 Å². The maximum absolute atomic E-state index is 13.8. The van der Waals surface area contributed by atoms with Crippen LogP contribution in [0.1, 0.15) is 122 Å². The van der Waals surface area contributed by atoms with Crippen LogP contribution in [0, 0.1) is 5.92 Å². The van der Waals surface area contributed by atoms with Crippen LogP contribution in [0.2, 0.25) is 0 Å². The average Bonchev–Trinajstić information content (AvgIpc) is 3.65. The molecule has 10 nitrogen and oxygen atoms in total. The van der Waals surface area contributed by atoms with E-state index in [-0.39, 0.29) is 24.5 Å². The summed E-state index contributed by atoms with van der Waals surface area (Å²) in [7, 11) is -2.17. The number of sulfonamides is 1. The fourth-order valence-corrected chi connectivity index (χ4v) is 6.61. The molecule has 230 valence electrons. The summed E-state index contributed by atoms with van der Waals surface area (Å²) in [6.07, 6.45) is 15.3. The van der Waals surface area contributed by atoms with E-state index in [0.29, 0.717) is 47.8 Å². The van der Waals surface area contributed by atoms with Gasteiger partial charge in [0.25, 0.3) is 5.91 Å². The van der Waals surface area contributed by atoms with Gasteiger partial charge in [-0.1, -0.05) is 57.4 Å². The summed E-state index contributed by atoms with van der Waals surface area (Å²) in [5.74, 6) is 0.739. The molecule has 2 fully saturated rings. The number of methoxy groups -OCH3 is 1. The quantitative estimate of drug-likeness (QED) is 0.225. The number of aromatic nitrogens is 1. The molecule has 0 bridgehead atoms. The van der Waals surface area contributed by atoms with Gasteiger partial charge in [0.2, 0.25) is 21.8 Å². The van der Waals surface area contributed by atoms with Crippen molar-refractivity contribution >= 4 is 27.6 Å². The van der Waals surface area contributed by atoms with E-state index in [1.54, 1.807) is 23.1 Å². The first-order chi connectivity index (χ1) is 20.1. The van der Waals surface area contributed by atoms with E-state index in [9.17, 15) is 22.8 Å². The number of ketones is 1. The minimum atomic E-state index is -3.67. The number of aryl methyl sites for hydroxylation is 1. The van der Waals surface area contributed by atoms with E-state index < -0.39 is 22.0 Å². The maximum atomic E-state index is 13.8. The zero-order valence-electron chi connectivity index (χ0n) is 24.7. The highest BCUT2D eigenvalue weighted by molar-refractivity contribution is 7.89. The van der Waals surface area contributed by atoms with Crippen LogP contribution in [0.25, 0.3) is 0 Å². The monoisotopic (exact) mass is 601 g/mol. The Bertz CT molecular complexity index is 1350. The van der Waals surface area contributed by atoms with Crippen LogP contribution in [0.3, 0.4) is 0 Å². The molecule has 1 aliphatic heterocycles. The molecule has 1 aliphatic carbocycles. The Balaban J connectivity index is 1.36. The highest BCUT2D eigenvalue weighted by Gasteiger charge is 2.35. The van der Waals surface area contributed by atoms with Gasteiger partial charge in [0.05, 0.1) is 13.4 Å². The van der Waals surface area contributed by atoms with Crippen molar-refractivity contribution < 1.29 is 32.0 Å². The van der Waals surface area contributed by atoms with Gasteiger partial charge in [0, 0.05) is 24.9 Å². The summed E-state index contributed by atoms with van der Waals surface area (Å²) >= 11 is 0. The normalized spacial score (nSPS) is 17.8. The molecule has 2 aromatic rings. The van der Waals surface area contributed by atoms with Crippen LogP contribution in [0.4, 0.5) is 0 Å². The molecule has 2 amide bonds. The number of rotatable bonds is 14. The molecule has 1 saturated heterocycles. The first kappa shape index (κ1) is 31.7. The Morgan fingerprint density at radius 3 is 2.57 bits per heavy atom. The van der Waals surface area contributed by atoms with E-state index in [1.807, 2.05) is 4.72 Å². The van der Waals surface area contributed by atoms with Crippen LogP contribution in [0.5, 0.6) is 5.75 Å². The molecule has 1 N–H and O–H groups in total. The number of amides is 2. The van der Waals surface area contributed by atoms with Gasteiger partial charge in [-0.25, -0.2) is 13.4 Å². The lowest BCUT2D eigenvalue weighted by Crippen LogP contribution is -2.32. The summed E-state index contributed by atoms with van der Waals surface area (Å²) in [6, 6.07) is 4.62. The van der Waals surface area contributed by atoms with E-state index >= 15 is 0 Å².